The van der Waals surface area contributed by atoms with Gasteiger partial charge in [0.25, 0.3) is 0 Å². The van der Waals surface area contributed by atoms with E-state index in [1.807, 2.05) is 34.4 Å². The standard InChI is InChI=1S/C16H20N4O3/c1-11-4-3-5-14-17-15(16(22)23)13(20(11)14)10-18-6-8-19(9-7-18)12(2)21/h3-5H,6-10H2,1-2H3,(H,22,23). The van der Waals surface area contributed by atoms with Gasteiger partial charge in [-0.05, 0) is 19.1 Å². The molecule has 1 aliphatic rings. The fourth-order valence-electron chi connectivity index (χ4n) is 3.08. The number of hydrogen-bond donors (Lipinski definition) is 1. The lowest BCUT2D eigenvalue weighted by atomic mass is 10.2. The van der Waals surface area contributed by atoms with Crippen molar-refractivity contribution >= 4 is 17.5 Å². The molecule has 1 amide bonds. The molecule has 0 aromatic carbocycles. The summed E-state index contributed by atoms with van der Waals surface area (Å²) >= 11 is 0. The molecule has 0 unspecified atom stereocenters. The van der Waals surface area contributed by atoms with Crippen molar-refractivity contribution in [1.29, 1.82) is 0 Å². The summed E-state index contributed by atoms with van der Waals surface area (Å²) in [5.41, 5.74) is 2.41. The quantitative estimate of drug-likeness (QED) is 0.914. The monoisotopic (exact) mass is 316 g/mol. The number of aromatic carboxylic acids is 1. The summed E-state index contributed by atoms with van der Waals surface area (Å²) in [5, 5.41) is 9.45. The molecule has 0 saturated carbocycles. The van der Waals surface area contributed by atoms with Crippen LogP contribution in [0.4, 0.5) is 0 Å². The number of rotatable bonds is 3. The minimum absolute atomic E-state index is 0.0847. The van der Waals surface area contributed by atoms with Crippen LogP contribution in [0.5, 0.6) is 0 Å². The molecule has 1 fully saturated rings. The van der Waals surface area contributed by atoms with Gasteiger partial charge in [0, 0.05) is 45.3 Å². The normalized spacial score (nSPS) is 16.0. The number of carboxylic acid groups (broad SMARTS) is 1. The number of aryl methyl sites for hydroxylation is 1. The third-order valence-corrected chi connectivity index (χ3v) is 4.33. The van der Waals surface area contributed by atoms with Gasteiger partial charge in [-0.3, -0.25) is 14.1 Å². The smallest absolute Gasteiger partial charge is 0.356 e. The zero-order chi connectivity index (χ0) is 16.6. The van der Waals surface area contributed by atoms with Crippen LogP contribution >= 0.6 is 0 Å². The molecule has 0 spiro atoms. The van der Waals surface area contributed by atoms with Crippen LogP contribution < -0.4 is 0 Å². The predicted molar refractivity (Wildman–Crippen MR) is 84.4 cm³/mol. The molecule has 7 nitrogen and oxygen atoms in total. The Morgan fingerprint density at radius 3 is 2.52 bits per heavy atom. The average molecular weight is 316 g/mol. The number of carbonyl (C=O) groups excluding carboxylic acids is 1. The van der Waals surface area contributed by atoms with E-state index >= 15 is 0 Å². The summed E-state index contributed by atoms with van der Waals surface area (Å²) in [5.74, 6) is -0.924. The van der Waals surface area contributed by atoms with E-state index in [1.54, 1.807) is 6.92 Å². The second-order valence-electron chi connectivity index (χ2n) is 5.86. The van der Waals surface area contributed by atoms with Gasteiger partial charge >= 0.3 is 5.97 Å². The summed E-state index contributed by atoms with van der Waals surface area (Å²) in [6.07, 6.45) is 0. The Hall–Kier alpha value is -2.41. The van der Waals surface area contributed by atoms with E-state index in [9.17, 15) is 14.7 Å². The van der Waals surface area contributed by atoms with Gasteiger partial charge in [0.1, 0.15) is 5.65 Å². The van der Waals surface area contributed by atoms with Crippen molar-refractivity contribution in [3.05, 3.63) is 35.3 Å². The maximum atomic E-state index is 11.5. The van der Waals surface area contributed by atoms with E-state index < -0.39 is 5.97 Å². The van der Waals surface area contributed by atoms with Crippen molar-refractivity contribution in [2.45, 2.75) is 20.4 Å². The summed E-state index contributed by atoms with van der Waals surface area (Å²) < 4.78 is 1.90. The van der Waals surface area contributed by atoms with Crippen molar-refractivity contribution in [3.8, 4) is 0 Å². The van der Waals surface area contributed by atoms with Crippen LogP contribution in [0.1, 0.15) is 28.8 Å². The van der Waals surface area contributed by atoms with Crippen molar-refractivity contribution in [1.82, 2.24) is 19.2 Å². The van der Waals surface area contributed by atoms with Crippen LogP contribution in [0.15, 0.2) is 18.2 Å². The maximum absolute atomic E-state index is 11.5. The highest BCUT2D eigenvalue weighted by Gasteiger charge is 2.24. The van der Waals surface area contributed by atoms with Gasteiger partial charge in [-0.15, -0.1) is 0 Å². The number of fused-ring (bicyclic) bond motifs is 1. The fourth-order valence-corrected chi connectivity index (χ4v) is 3.08. The van der Waals surface area contributed by atoms with E-state index in [1.165, 1.54) is 0 Å². The first-order chi connectivity index (χ1) is 11.0. The second-order valence-corrected chi connectivity index (χ2v) is 5.86. The Balaban J connectivity index is 1.89. The van der Waals surface area contributed by atoms with E-state index in [0.717, 1.165) is 18.8 Å². The summed E-state index contributed by atoms with van der Waals surface area (Å²) in [7, 11) is 0. The maximum Gasteiger partial charge on any atom is 0.356 e. The molecule has 23 heavy (non-hydrogen) atoms. The molecular formula is C16H20N4O3. The molecule has 7 heteroatoms. The molecule has 3 rings (SSSR count). The molecule has 1 N–H and O–H groups in total. The molecular weight excluding hydrogens is 296 g/mol. The SMILES string of the molecule is CC(=O)N1CCN(Cc2c(C(=O)O)nc3cccc(C)n23)CC1. The highest BCUT2D eigenvalue weighted by molar-refractivity contribution is 5.88. The van der Waals surface area contributed by atoms with Crippen molar-refractivity contribution in [2.24, 2.45) is 0 Å². The minimum Gasteiger partial charge on any atom is -0.476 e. The number of piperazine rings is 1. The van der Waals surface area contributed by atoms with E-state index in [4.69, 9.17) is 0 Å². The highest BCUT2D eigenvalue weighted by Crippen LogP contribution is 2.18. The Morgan fingerprint density at radius 1 is 1.22 bits per heavy atom. The predicted octanol–water partition coefficient (Wildman–Crippen LogP) is 1.01. The third kappa shape index (κ3) is 2.92. The Labute approximate surface area is 134 Å². The lowest BCUT2D eigenvalue weighted by molar-refractivity contribution is -0.130. The average Bonchev–Trinajstić information content (AvgIpc) is 2.88. The molecule has 2 aromatic heterocycles. The minimum atomic E-state index is -1.01. The number of pyridine rings is 1. The number of aromatic nitrogens is 2. The number of nitrogens with zero attached hydrogens (tertiary/aromatic N) is 4. The third-order valence-electron chi connectivity index (χ3n) is 4.33. The van der Waals surface area contributed by atoms with Crippen LogP contribution in [0.2, 0.25) is 0 Å². The van der Waals surface area contributed by atoms with Crippen molar-refractivity contribution < 1.29 is 14.7 Å². The zero-order valence-electron chi connectivity index (χ0n) is 13.3. The number of hydrogen-bond acceptors (Lipinski definition) is 4. The van der Waals surface area contributed by atoms with Gasteiger partial charge in [-0.25, -0.2) is 9.78 Å². The molecule has 1 saturated heterocycles. The van der Waals surface area contributed by atoms with E-state index in [2.05, 4.69) is 9.88 Å². The van der Waals surface area contributed by atoms with Gasteiger partial charge in [-0.1, -0.05) is 6.07 Å². The molecule has 2 aromatic rings. The zero-order valence-corrected chi connectivity index (χ0v) is 13.3. The highest BCUT2D eigenvalue weighted by atomic mass is 16.4. The molecule has 0 radical (unpaired) electrons. The van der Waals surface area contributed by atoms with Gasteiger partial charge in [0.15, 0.2) is 5.69 Å². The van der Waals surface area contributed by atoms with Gasteiger partial charge in [-0.2, -0.15) is 0 Å². The summed E-state index contributed by atoms with van der Waals surface area (Å²) in [6, 6.07) is 5.63. The van der Waals surface area contributed by atoms with Gasteiger partial charge < -0.3 is 10.0 Å². The van der Waals surface area contributed by atoms with Crippen LogP contribution in [0, 0.1) is 6.92 Å². The number of amides is 1. The van der Waals surface area contributed by atoms with Crippen LogP contribution in [-0.2, 0) is 11.3 Å². The van der Waals surface area contributed by atoms with Crippen LogP contribution in [0.25, 0.3) is 5.65 Å². The van der Waals surface area contributed by atoms with Crippen molar-refractivity contribution in [3.63, 3.8) is 0 Å². The summed E-state index contributed by atoms with van der Waals surface area (Å²) in [4.78, 5) is 31.2. The molecule has 3 heterocycles. The van der Waals surface area contributed by atoms with Gasteiger partial charge in [0.2, 0.25) is 5.91 Å². The molecule has 0 bridgehead atoms. The first-order valence-corrected chi connectivity index (χ1v) is 7.65. The number of imidazole rings is 1. The van der Waals surface area contributed by atoms with Crippen LogP contribution in [0.3, 0.4) is 0 Å². The number of carbonyl (C=O) groups is 2. The first kappa shape index (κ1) is 15.5. The van der Waals surface area contributed by atoms with Crippen molar-refractivity contribution in [2.75, 3.05) is 26.2 Å². The Kier molecular flexibility index (Phi) is 4.04. The molecule has 0 aliphatic carbocycles. The lowest BCUT2D eigenvalue weighted by Crippen LogP contribution is -2.47. The summed E-state index contributed by atoms with van der Waals surface area (Å²) in [6.45, 7) is 6.85. The topological polar surface area (TPSA) is 78.2 Å². The Bertz CT molecular complexity index is 760. The first-order valence-electron chi connectivity index (χ1n) is 7.65. The molecule has 1 aliphatic heterocycles. The van der Waals surface area contributed by atoms with Gasteiger partial charge in [0.05, 0.1) is 5.69 Å². The largest absolute Gasteiger partial charge is 0.476 e. The fraction of sp³-hybridized carbons (Fsp3) is 0.438. The number of carboxylic acids is 1. The van der Waals surface area contributed by atoms with Crippen LogP contribution in [-0.4, -0.2) is 62.3 Å². The molecule has 122 valence electrons. The second kappa shape index (κ2) is 6.00. The molecule has 0 atom stereocenters. The van der Waals surface area contributed by atoms with E-state index in [-0.39, 0.29) is 11.6 Å². The lowest BCUT2D eigenvalue weighted by Gasteiger charge is -2.34. The Morgan fingerprint density at radius 2 is 1.91 bits per heavy atom. The van der Waals surface area contributed by atoms with E-state index in [0.29, 0.717) is 31.0 Å².